The fourth-order valence-corrected chi connectivity index (χ4v) is 3.43. The van der Waals surface area contributed by atoms with Gasteiger partial charge in [-0.05, 0) is 28.1 Å². The summed E-state index contributed by atoms with van der Waals surface area (Å²) in [5.74, 6) is 0.768. The molecule has 0 bridgehead atoms. The van der Waals surface area contributed by atoms with Gasteiger partial charge in [-0.2, -0.15) is 0 Å². The zero-order chi connectivity index (χ0) is 12.0. The Balaban J connectivity index is 2.31. The third-order valence-electron chi connectivity index (χ3n) is 2.21. The monoisotopic (exact) mass is 347 g/mol. The van der Waals surface area contributed by atoms with Crippen molar-refractivity contribution in [3.8, 4) is 10.7 Å². The summed E-state index contributed by atoms with van der Waals surface area (Å²) in [7, 11) is 0. The van der Waals surface area contributed by atoms with Crippen molar-refractivity contribution in [1.82, 2.24) is 14.4 Å². The fraction of sp³-hybridized carbons (Fsp3) is 0. The molecule has 3 rings (SSSR count). The van der Waals surface area contributed by atoms with Crippen LogP contribution >= 0.6 is 50.5 Å². The van der Waals surface area contributed by atoms with E-state index in [1.807, 2.05) is 12.1 Å². The van der Waals surface area contributed by atoms with Crippen molar-refractivity contribution >= 4 is 56.1 Å². The van der Waals surface area contributed by atoms with E-state index in [0.717, 1.165) is 14.5 Å². The van der Waals surface area contributed by atoms with Gasteiger partial charge in [0.25, 0.3) is 0 Å². The maximum absolute atomic E-state index is 6.16. The van der Waals surface area contributed by atoms with Gasteiger partial charge in [-0.3, -0.25) is 4.40 Å². The smallest absolute Gasteiger partial charge is 0.159 e. The van der Waals surface area contributed by atoms with E-state index in [9.17, 15) is 0 Å². The number of imidazole rings is 1. The number of thiophene rings is 1. The van der Waals surface area contributed by atoms with Crippen LogP contribution in [0, 0.1) is 0 Å². The summed E-state index contributed by atoms with van der Waals surface area (Å²) in [6.45, 7) is 0. The molecule has 0 amide bonds. The summed E-state index contributed by atoms with van der Waals surface area (Å²) < 4.78 is 2.81. The van der Waals surface area contributed by atoms with Gasteiger partial charge in [0.2, 0.25) is 0 Å². The van der Waals surface area contributed by atoms with Crippen molar-refractivity contribution in [2.75, 3.05) is 0 Å². The SMILES string of the molecule is Clc1cc(Cl)n2c(-c3ccc(Br)s3)ncc2n1. The number of fused-ring (bicyclic) bond motifs is 1. The van der Waals surface area contributed by atoms with Gasteiger partial charge in [-0.1, -0.05) is 23.2 Å². The van der Waals surface area contributed by atoms with Crippen LogP contribution in [0.25, 0.3) is 16.3 Å². The lowest BCUT2D eigenvalue weighted by Gasteiger charge is -2.01. The maximum Gasteiger partial charge on any atom is 0.159 e. The van der Waals surface area contributed by atoms with Crippen LogP contribution in [-0.4, -0.2) is 14.4 Å². The highest BCUT2D eigenvalue weighted by Crippen LogP contribution is 2.32. The van der Waals surface area contributed by atoms with Crippen molar-refractivity contribution in [3.05, 3.63) is 38.5 Å². The van der Waals surface area contributed by atoms with Crippen molar-refractivity contribution < 1.29 is 0 Å². The Hall–Kier alpha value is -0.620. The second kappa shape index (κ2) is 4.24. The Morgan fingerprint density at radius 1 is 1.29 bits per heavy atom. The quantitative estimate of drug-likeness (QED) is 0.605. The maximum atomic E-state index is 6.16. The van der Waals surface area contributed by atoms with Crippen LogP contribution in [-0.2, 0) is 0 Å². The molecule has 0 radical (unpaired) electrons. The van der Waals surface area contributed by atoms with E-state index in [4.69, 9.17) is 23.2 Å². The highest BCUT2D eigenvalue weighted by Gasteiger charge is 2.12. The van der Waals surface area contributed by atoms with E-state index in [2.05, 4.69) is 25.9 Å². The summed E-state index contributed by atoms with van der Waals surface area (Å²) in [6, 6.07) is 5.55. The fourth-order valence-electron chi connectivity index (χ4n) is 1.55. The van der Waals surface area contributed by atoms with Gasteiger partial charge in [0.1, 0.15) is 10.3 Å². The first-order valence-corrected chi connectivity index (χ1v) is 6.97. The number of hydrogen-bond acceptors (Lipinski definition) is 3. The van der Waals surface area contributed by atoms with Gasteiger partial charge in [0.05, 0.1) is 14.9 Å². The molecular weight excluding hydrogens is 345 g/mol. The standard InChI is InChI=1S/C10H4BrCl2N3S/c11-6-2-1-5(17-6)10-14-4-9-15-7(12)3-8(13)16(9)10/h1-4H. The second-order valence-corrected chi connectivity index (χ2v) is 6.52. The van der Waals surface area contributed by atoms with Crippen molar-refractivity contribution in [2.24, 2.45) is 0 Å². The average molecular weight is 349 g/mol. The van der Waals surface area contributed by atoms with Gasteiger partial charge in [-0.25, -0.2) is 9.97 Å². The van der Waals surface area contributed by atoms with Gasteiger partial charge >= 0.3 is 0 Å². The summed E-state index contributed by atoms with van der Waals surface area (Å²) in [5.41, 5.74) is 0.641. The lowest BCUT2D eigenvalue weighted by molar-refractivity contribution is 1.12. The average Bonchev–Trinajstić information content (AvgIpc) is 2.83. The predicted molar refractivity (Wildman–Crippen MR) is 74.0 cm³/mol. The Morgan fingerprint density at radius 2 is 2.12 bits per heavy atom. The normalized spacial score (nSPS) is 11.2. The first kappa shape index (κ1) is 11.5. The molecule has 0 aliphatic carbocycles. The third kappa shape index (κ3) is 1.97. The molecule has 0 fully saturated rings. The molecule has 3 aromatic heterocycles. The molecule has 0 aliphatic rings. The van der Waals surface area contributed by atoms with Gasteiger partial charge in [0, 0.05) is 6.07 Å². The topological polar surface area (TPSA) is 30.2 Å². The molecule has 7 heteroatoms. The second-order valence-electron chi connectivity index (χ2n) is 3.28. The Kier molecular flexibility index (Phi) is 2.86. The third-order valence-corrected chi connectivity index (χ3v) is 4.30. The van der Waals surface area contributed by atoms with Crippen LogP contribution in [0.3, 0.4) is 0 Å². The van der Waals surface area contributed by atoms with Crippen LogP contribution < -0.4 is 0 Å². The van der Waals surface area contributed by atoms with Crippen molar-refractivity contribution in [3.63, 3.8) is 0 Å². The van der Waals surface area contributed by atoms with Crippen LogP contribution in [0.5, 0.6) is 0 Å². The number of rotatable bonds is 1. The predicted octanol–water partition coefficient (Wildman–Crippen LogP) is 4.53. The lowest BCUT2D eigenvalue weighted by atomic mass is 10.4. The zero-order valence-corrected chi connectivity index (χ0v) is 12.1. The van der Waals surface area contributed by atoms with Crippen molar-refractivity contribution in [1.29, 1.82) is 0 Å². The molecule has 0 atom stereocenters. The van der Waals surface area contributed by atoms with E-state index < -0.39 is 0 Å². The van der Waals surface area contributed by atoms with E-state index in [0.29, 0.717) is 16.0 Å². The van der Waals surface area contributed by atoms with Gasteiger partial charge < -0.3 is 0 Å². The molecule has 0 unspecified atom stereocenters. The molecule has 3 heterocycles. The van der Waals surface area contributed by atoms with E-state index >= 15 is 0 Å². The summed E-state index contributed by atoms with van der Waals surface area (Å²) in [5, 5.41) is 0.860. The van der Waals surface area contributed by atoms with Gasteiger partial charge in [-0.15, -0.1) is 11.3 Å². The molecule has 0 aromatic carbocycles. The first-order valence-electron chi connectivity index (χ1n) is 4.60. The van der Waals surface area contributed by atoms with Crippen LogP contribution in [0.4, 0.5) is 0 Å². The molecule has 0 aliphatic heterocycles. The Morgan fingerprint density at radius 3 is 2.82 bits per heavy atom. The summed E-state index contributed by atoms with van der Waals surface area (Å²) >= 11 is 17.0. The summed E-state index contributed by atoms with van der Waals surface area (Å²) in [4.78, 5) is 9.51. The van der Waals surface area contributed by atoms with Gasteiger partial charge in [0.15, 0.2) is 11.5 Å². The molecule has 0 saturated carbocycles. The minimum atomic E-state index is 0.362. The highest BCUT2D eigenvalue weighted by atomic mass is 79.9. The minimum absolute atomic E-state index is 0.362. The van der Waals surface area contributed by atoms with Crippen LogP contribution in [0.15, 0.2) is 28.2 Å². The van der Waals surface area contributed by atoms with E-state index in [1.165, 1.54) is 0 Å². The molecule has 0 N–H and O–H groups in total. The number of aromatic nitrogens is 3. The molecule has 0 spiro atoms. The first-order chi connectivity index (χ1) is 8.15. The Labute approximate surface area is 119 Å². The minimum Gasteiger partial charge on any atom is -0.266 e. The van der Waals surface area contributed by atoms with Crippen LogP contribution in [0.1, 0.15) is 0 Å². The molecule has 3 nitrogen and oxygen atoms in total. The highest BCUT2D eigenvalue weighted by molar-refractivity contribution is 9.11. The van der Waals surface area contributed by atoms with E-state index in [1.54, 1.807) is 28.0 Å². The van der Waals surface area contributed by atoms with E-state index in [-0.39, 0.29) is 0 Å². The largest absolute Gasteiger partial charge is 0.266 e. The summed E-state index contributed by atoms with van der Waals surface area (Å²) in [6.07, 6.45) is 1.65. The Bertz CT molecular complexity index is 707. The molecule has 3 aromatic rings. The molecular formula is C10H4BrCl2N3S. The molecule has 0 saturated heterocycles. The number of halogens is 3. The number of nitrogens with zero attached hydrogens (tertiary/aromatic N) is 3. The zero-order valence-electron chi connectivity index (χ0n) is 8.19. The molecule has 17 heavy (non-hydrogen) atoms. The molecule has 86 valence electrons. The number of hydrogen-bond donors (Lipinski definition) is 0. The van der Waals surface area contributed by atoms with Crippen molar-refractivity contribution in [2.45, 2.75) is 0 Å². The lowest BCUT2D eigenvalue weighted by Crippen LogP contribution is -1.92. The van der Waals surface area contributed by atoms with Crippen LogP contribution in [0.2, 0.25) is 10.3 Å².